The highest BCUT2D eigenvalue weighted by Gasteiger charge is 2.21. The molecule has 0 aliphatic rings. The Hall–Kier alpha value is -0.930. The Morgan fingerprint density at radius 3 is 2.29 bits per heavy atom. The third kappa shape index (κ3) is 4.10. The molecule has 2 N–H and O–H groups in total. The Morgan fingerprint density at radius 2 is 1.82 bits per heavy atom. The minimum atomic E-state index is -0.189. The van der Waals surface area contributed by atoms with Crippen molar-refractivity contribution < 1.29 is 4.39 Å². The lowest BCUT2D eigenvalue weighted by molar-refractivity contribution is 0.174. The molecule has 0 saturated carbocycles. The van der Waals surface area contributed by atoms with Crippen LogP contribution in [0.3, 0.4) is 0 Å². The van der Waals surface area contributed by atoms with E-state index < -0.39 is 0 Å². The maximum Gasteiger partial charge on any atom is 0.123 e. The third-order valence-electron chi connectivity index (χ3n) is 3.24. The molecule has 3 heteroatoms. The van der Waals surface area contributed by atoms with Crippen LogP contribution in [-0.2, 0) is 0 Å². The maximum absolute atomic E-state index is 12.8. The molecule has 1 rings (SSSR count). The summed E-state index contributed by atoms with van der Waals surface area (Å²) in [5.74, 6) is -0.189. The van der Waals surface area contributed by atoms with Crippen LogP contribution in [0.4, 0.5) is 4.39 Å². The Kier molecular flexibility index (Phi) is 4.66. The number of rotatable bonds is 5. The molecule has 0 aliphatic heterocycles. The first-order valence-electron chi connectivity index (χ1n) is 6.01. The van der Waals surface area contributed by atoms with Crippen LogP contribution in [0, 0.1) is 11.2 Å². The number of hydrogen-bond acceptors (Lipinski definition) is 2. The summed E-state index contributed by atoms with van der Waals surface area (Å²) >= 11 is 0. The normalized spacial score (nSPS) is 14.1. The van der Waals surface area contributed by atoms with Crippen molar-refractivity contribution in [3.05, 3.63) is 35.6 Å². The highest BCUT2D eigenvalue weighted by Crippen LogP contribution is 2.23. The van der Waals surface area contributed by atoms with Gasteiger partial charge in [-0.2, -0.15) is 0 Å². The van der Waals surface area contributed by atoms with Crippen molar-refractivity contribution in [2.24, 2.45) is 11.1 Å². The largest absolute Gasteiger partial charge is 0.330 e. The molecule has 0 amide bonds. The van der Waals surface area contributed by atoms with Crippen LogP contribution in [0.2, 0.25) is 0 Å². The van der Waals surface area contributed by atoms with E-state index in [2.05, 4.69) is 32.7 Å². The quantitative estimate of drug-likeness (QED) is 0.854. The predicted octanol–water partition coefficient (Wildman–Crippen LogP) is 2.80. The van der Waals surface area contributed by atoms with Gasteiger partial charge in [0, 0.05) is 12.6 Å². The van der Waals surface area contributed by atoms with Gasteiger partial charge in [-0.1, -0.05) is 26.0 Å². The maximum atomic E-state index is 12.8. The van der Waals surface area contributed by atoms with Crippen molar-refractivity contribution in [2.75, 3.05) is 20.1 Å². The number of nitrogens with two attached hydrogens (primary N) is 1. The smallest absolute Gasteiger partial charge is 0.123 e. The Labute approximate surface area is 104 Å². The molecule has 0 spiro atoms. The summed E-state index contributed by atoms with van der Waals surface area (Å²) in [7, 11) is 2.07. The molecule has 0 bridgehead atoms. The summed E-state index contributed by atoms with van der Waals surface area (Å²) in [6, 6.07) is 6.96. The van der Waals surface area contributed by atoms with Gasteiger partial charge in [0.1, 0.15) is 5.82 Å². The minimum Gasteiger partial charge on any atom is -0.330 e. The van der Waals surface area contributed by atoms with Crippen molar-refractivity contribution in [3.8, 4) is 0 Å². The highest BCUT2D eigenvalue weighted by molar-refractivity contribution is 5.19. The fraction of sp³-hybridized carbons (Fsp3) is 0.571. The molecule has 1 aromatic rings. The molecule has 0 fully saturated rings. The summed E-state index contributed by atoms with van der Waals surface area (Å²) in [6.07, 6.45) is 0. The van der Waals surface area contributed by atoms with Crippen LogP contribution in [0.5, 0.6) is 0 Å². The molecular weight excluding hydrogens is 215 g/mol. The van der Waals surface area contributed by atoms with Crippen LogP contribution in [-0.4, -0.2) is 25.0 Å². The fourth-order valence-corrected chi connectivity index (χ4v) is 1.87. The van der Waals surface area contributed by atoms with E-state index in [9.17, 15) is 4.39 Å². The summed E-state index contributed by atoms with van der Waals surface area (Å²) < 4.78 is 12.8. The lowest BCUT2D eigenvalue weighted by Gasteiger charge is -2.33. The van der Waals surface area contributed by atoms with Crippen LogP contribution in [0.15, 0.2) is 24.3 Å². The zero-order chi connectivity index (χ0) is 13.1. The molecule has 0 radical (unpaired) electrons. The SMILES string of the molecule is CC(c1ccc(F)cc1)N(C)CC(C)(C)CN. The van der Waals surface area contributed by atoms with Gasteiger partial charge in [0.25, 0.3) is 0 Å². The summed E-state index contributed by atoms with van der Waals surface area (Å²) in [4.78, 5) is 2.25. The van der Waals surface area contributed by atoms with E-state index >= 15 is 0 Å². The molecular formula is C14H23FN2. The number of nitrogens with zero attached hydrogens (tertiary/aromatic N) is 1. The number of halogens is 1. The third-order valence-corrected chi connectivity index (χ3v) is 3.24. The van der Waals surface area contributed by atoms with E-state index in [1.54, 1.807) is 0 Å². The average Bonchev–Trinajstić information content (AvgIpc) is 2.28. The van der Waals surface area contributed by atoms with Crippen LogP contribution in [0.1, 0.15) is 32.4 Å². The Morgan fingerprint density at radius 1 is 1.29 bits per heavy atom. The van der Waals surface area contributed by atoms with E-state index in [0.29, 0.717) is 6.54 Å². The number of benzene rings is 1. The van der Waals surface area contributed by atoms with Crippen molar-refractivity contribution in [1.82, 2.24) is 4.90 Å². The van der Waals surface area contributed by atoms with Gasteiger partial charge >= 0.3 is 0 Å². The summed E-state index contributed by atoms with van der Waals surface area (Å²) in [5.41, 5.74) is 6.96. The Balaban J connectivity index is 2.69. The predicted molar refractivity (Wildman–Crippen MR) is 70.3 cm³/mol. The van der Waals surface area contributed by atoms with Crippen molar-refractivity contribution >= 4 is 0 Å². The van der Waals surface area contributed by atoms with Gasteiger partial charge < -0.3 is 5.73 Å². The monoisotopic (exact) mass is 238 g/mol. The highest BCUT2D eigenvalue weighted by atomic mass is 19.1. The van der Waals surface area contributed by atoms with E-state index in [1.165, 1.54) is 12.1 Å². The van der Waals surface area contributed by atoms with Gasteiger partial charge in [-0.3, -0.25) is 4.90 Å². The van der Waals surface area contributed by atoms with Crippen LogP contribution < -0.4 is 5.73 Å². The molecule has 1 atom stereocenters. The van der Waals surface area contributed by atoms with Gasteiger partial charge in [0.15, 0.2) is 0 Å². The zero-order valence-electron chi connectivity index (χ0n) is 11.2. The molecule has 0 aromatic heterocycles. The average molecular weight is 238 g/mol. The topological polar surface area (TPSA) is 29.3 Å². The minimum absolute atomic E-state index is 0.100. The molecule has 96 valence electrons. The van der Waals surface area contributed by atoms with Crippen molar-refractivity contribution in [2.45, 2.75) is 26.8 Å². The van der Waals surface area contributed by atoms with E-state index in [-0.39, 0.29) is 17.3 Å². The Bertz CT molecular complexity index is 346. The molecule has 0 heterocycles. The molecule has 1 unspecified atom stereocenters. The first-order valence-corrected chi connectivity index (χ1v) is 6.01. The van der Waals surface area contributed by atoms with E-state index in [0.717, 1.165) is 12.1 Å². The number of hydrogen-bond donors (Lipinski definition) is 1. The molecule has 1 aromatic carbocycles. The van der Waals surface area contributed by atoms with Crippen molar-refractivity contribution in [1.29, 1.82) is 0 Å². The second kappa shape index (κ2) is 5.61. The van der Waals surface area contributed by atoms with Crippen molar-refractivity contribution in [3.63, 3.8) is 0 Å². The summed E-state index contributed by atoms with van der Waals surface area (Å²) in [6.45, 7) is 8.01. The van der Waals surface area contributed by atoms with Crippen LogP contribution >= 0.6 is 0 Å². The second-order valence-electron chi connectivity index (χ2n) is 5.51. The van der Waals surface area contributed by atoms with Gasteiger partial charge in [-0.25, -0.2) is 4.39 Å². The first kappa shape index (κ1) is 14.1. The van der Waals surface area contributed by atoms with Gasteiger partial charge in [0.05, 0.1) is 0 Å². The van der Waals surface area contributed by atoms with Gasteiger partial charge in [-0.15, -0.1) is 0 Å². The molecule has 0 saturated heterocycles. The second-order valence-corrected chi connectivity index (χ2v) is 5.51. The van der Waals surface area contributed by atoms with Gasteiger partial charge in [-0.05, 0) is 43.6 Å². The standard InChI is InChI=1S/C14H23FN2/c1-11(12-5-7-13(15)8-6-12)17(4)10-14(2,3)9-16/h5-8,11H,9-10,16H2,1-4H3. The fourth-order valence-electron chi connectivity index (χ4n) is 1.87. The lowest BCUT2D eigenvalue weighted by atomic mass is 9.92. The molecule has 2 nitrogen and oxygen atoms in total. The molecule has 17 heavy (non-hydrogen) atoms. The van der Waals surface area contributed by atoms with Crippen LogP contribution in [0.25, 0.3) is 0 Å². The van der Waals surface area contributed by atoms with E-state index in [1.807, 2.05) is 12.1 Å². The summed E-state index contributed by atoms with van der Waals surface area (Å²) in [5, 5.41) is 0. The zero-order valence-corrected chi connectivity index (χ0v) is 11.2. The first-order chi connectivity index (χ1) is 7.85. The van der Waals surface area contributed by atoms with Gasteiger partial charge in [0.2, 0.25) is 0 Å². The molecule has 0 aliphatic carbocycles. The lowest BCUT2D eigenvalue weighted by Crippen LogP contribution is -2.37. The van der Waals surface area contributed by atoms with E-state index in [4.69, 9.17) is 5.73 Å².